The van der Waals surface area contributed by atoms with Crippen LogP contribution in [-0.4, -0.2) is 30.1 Å². The summed E-state index contributed by atoms with van der Waals surface area (Å²) in [7, 11) is 0. The number of amides is 1. The number of hydrogen-bond acceptors (Lipinski definition) is 5. The van der Waals surface area contributed by atoms with Gasteiger partial charge in [-0.1, -0.05) is 23.2 Å². The molecule has 96 valence electrons. The van der Waals surface area contributed by atoms with Gasteiger partial charge in [-0.3, -0.25) is 4.79 Å². The smallest absolute Gasteiger partial charge is 0.231 e. The summed E-state index contributed by atoms with van der Waals surface area (Å²) in [6, 6.07) is 0. The van der Waals surface area contributed by atoms with Crippen LogP contribution >= 0.6 is 11.3 Å². The Kier molecular flexibility index (Phi) is 4.31. The number of nitrogens with one attached hydrogen (secondary N) is 1. The predicted molar refractivity (Wildman–Crippen MR) is 70.2 cm³/mol. The minimum atomic E-state index is -0.0810. The minimum Gasteiger partial charge on any atom is -0.378 e. The molecule has 3 N–H and O–H groups in total. The van der Waals surface area contributed by atoms with Gasteiger partial charge in [-0.2, -0.15) is 0 Å². The SMILES string of the molecule is CC1CC(C(=O)Nc2ncc(C#CCN)s2)CO1. The second-order valence-electron chi connectivity index (χ2n) is 4.10. The van der Waals surface area contributed by atoms with Gasteiger partial charge in [0.05, 0.1) is 36.2 Å². The zero-order valence-electron chi connectivity index (χ0n) is 10.1. The molecule has 2 heterocycles. The van der Waals surface area contributed by atoms with Crippen molar-refractivity contribution < 1.29 is 9.53 Å². The molecular formula is C12H15N3O2S. The number of aromatic nitrogens is 1. The summed E-state index contributed by atoms with van der Waals surface area (Å²) in [5, 5.41) is 3.36. The van der Waals surface area contributed by atoms with Crippen molar-refractivity contribution in [2.24, 2.45) is 11.7 Å². The number of carbonyl (C=O) groups excluding carboxylic acids is 1. The van der Waals surface area contributed by atoms with Crippen molar-refractivity contribution in [2.75, 3.05) is 18.5 Å². The number of thiazole rings is 1. The quantitative estimate of drug-likeness (QED) is 0.776. The third-order valence-electron chi connectivity index (χ3n) is 2.62. The molecule has 1 saturated heterocycles. The zero-order chi connectivity index (χ0) is 13.0. The summed E-state index contributed by atoms with van der Waals surface area (Å²) in [5.74, 6) is 5.51. The number of hydrogen-bond donors (Lipinski definition) is 2. The molecule has 5 nitrogen and oxygen atoms in total. The number of carbonyl (C=O) groups is 1. The highest BCUT2D eigenvalue weighted by molar-refractivity contribution is 7.16. The van der Waals surface area contributed by atoms with E-state index >= 15 is 0 Å². The molecule has 0 saturated carbocycles. The largest absolute Gasteiger partial charge is 0.378 e. The molecule has 1 amide bonds. The fraction of sp³-hybridized carbons (Fsp3) is 0.500. The Morgan fingerprint density at radius 2 is 2.61 bits per heavy atom. The van der Waals surface area contributed by atoms with Gasteiger partial charge in [-0.05, 0) is 13.3 Å². The van der Waals surface area contributed by atoms with Crippen molar-refractivity contribution in [3.8, 4) is 11.8 Å². The van der Waals surface area contributed by atoms with E-state index < -0.39 is 0 Å². The van der Waals surface area contributed by atoms with Crippen LogP contribution in [0.1, 0.15) is 18.2 Å². The summed E-state index contributed by atoms with van der Waals surface area (Å²) >= 11 is 1.35. The van der Waals surface area contributed by atoms with E-state index in [2.05, 4.69) is 22.1 Å². The number of nitrogens with zero attached hydrogens (tertiary/aromatic N) is 1. The summed E-state index contributed by atoms with van der Waals surface area (Å²) in [5.41, 5.74) is 5.29. The van der Waals surface area contributed by atoms with Gasteiger partial charge in [-0.25, -0.2) is 4.98 Å². The van der Waals surface area contributed by atoms with Crippen LogP contribution in [0.25, 0.3) is 0 Å². The van der Waals surface area contributed by atoms with Crippen molar-refractivity contribution in [1.29, 1.82) is 0 Å². The Labute approximate surface area is 110 Å². The highest BCUT2D eigenvalue weighted by atomic mass is 32.1. The van der Waals surface area contributed by atoms with Gasteiger partial charge < -0.3 is 15.8 Å². The average molecular weight is 265 g/mol. The maximum absolute atomic E-state index is 11.9. The van der Waals surface area contributed by atoms with Crippen LogP contribution in [-0.2, 0) is 9.53 Å². The number of anilines is 1. The Balaban J connectivity index is 1.93. The molecule has 2 atom stereocenters. The van der Waals surface area contributed by atoms with Gasteiger partial charge in [0, 0.05) is 0 Å². The van der Waals surface area contributed by atoms with Crippen LogP contribution in [0.15, 0.2) is 6.20 Å². The monoisotopic (exact) mass is 265 g/mol. The Bertz CT molecular complexity index is 489. The maximum Gasteiger partial charge on any atom is 0.231 e. The number of nitrogens with two attached hydrogens (primary N) is 1. The standard InChI is InChI=1S/C12H15N3O2S/c1-8-5-9(7-17-8)11(16)15-12-14-6-10(18-12)3-2-4-13/h6,8-9H,4-5,7,13H2,1H3,(H,14,15,16). The molecule has 1 aliphatic heterocycles. The molecule has 2 rings (SSSR count). The van der Waals surface area contributed by atoms with Crippen molar-refractivity contribution >= 4 is 22.4 Å². The predicted octanol–water partition coefficient (Wildman–Crippen LogP) is 0.817. The summed E-state index contributed by atoms with van der Waals surface area (Å²) in [6.07, 6.45) is 2.55. The Hall–Kier alpha value is -1.42. The van der Waals surface area contributed by atoms with E-state index in [9.17, 15) is 4.79 Å². The van der Waals surface area contributed by atoms with Gasteiger partial charge in [0.25, 0.3) is 0 Å². The number of ether oxygens (including phenoxy) is 1. The zero-order valence-corrected chi connectivity index (χ0v) is 10.9. The molecule has 18 heavy (non-hydrogen) atoms. The lowest BCUT2D eigenvalue weighted by atomic mass is 10.1. The van der Waals surface area contributed by atoms with E-state index in [1.807, 2.05) is 6.92 Å². The number of rotatable bonds is 2. The Morgan fingerprint density at radius 1 is 1.78 bits per heavy atom. The van der Waals surface area contributed by atoms with Crippen LogP contribution in [0.4, 0.5) is 5.13 Å². The summed E-state index contributed by atoms with van der Waals surface area (Å²) in [4.78, 5) is 16.8. The molecule has 0 aromatic carbocycles. The second-order valence-corrected chi connectivity index (χ2v) is 5.13. The van der Waals surface area contributed by atoms with E-state index in [0.717, 1.165) is 11.3 Å². The van der Waals surface area contributed by atoms with Gasteiger partial charge >= 0.3 is 0 Å². The fourth-order valence-electron chi connectivity index (χ4n) is 1.74. The molecule has 6 heteroatoms. The molecule has 0 aliphatic carbocycles. The fourth-order valence-corrected chi connectivity index (χ4v) is 2.43. The van der Waals surface area contributed by atoms with Crippen molar-refractivity contribution in [3.05, 3.63) is 11.1 Å². The molecular weight excluding hydrogens is 250 g/mol. The lowest BCUT2D eigenvalue weighted by Crippen LogP contribution is -2.22. The van der Waals surface area contributed by atoms with Gasteiger partial charge in [-0.15, -0.1) is 0 Å². The molecule has 0 bridgehead atoms. The topological polar surface area (TPSA) is 77.2 Å². The first-order valence-corrected chi connectivity index (χ1v) is 6.58. The van der Waals surface area contributed by atoms with E-state index in [1.165, 1.54) is 11.3 Å². The molecule has 0 spiro atoms. The van der Waals surface area contributed by atoms with Crippen molar-refractivity contribution in [2.45, 2.75) is 19.4 Å². The van der Waals surface area contributed by atoms with E-state index in [1.54, 1.807) is 6.20 Å². The molecule has 0 radical (unpaired) electrons. The normalized spacial score (nSPS) is 22.3. The highest BCUT2D eigenvalue weighted by Gasteiger charge is 2.28. The first-order valence-electron chi connectivity index (χ1n) is 5.76. The first-order chi connectivity index (χ1) is 8.69. The third-order valence-corrected chi connectivity index (χ3v) is 3.45. The van der Waals surface area contributed by atoms with Crippen molar-refractivity contribution in [1.82, 2.24) is 4.98 Å². The van der Waals surface area contributed by atoms with E-state index in [4.69, 9.17) is 10.5 Å². The van der Waals surface area contributed by atoms with Crippen molar-refractivity contribution in [3.63, 3.8) is 0 Å². The van der Waals surface area contributed by atoms with Gasteiger partial charge in [0.15, 0.2) is 5.13 Å². The van der Waals surface area contributed by atoms with Crippen LogP contribution in [0.5, 0.6) is 0 Å². The molecule has 2 unspecified atom stereocenters. The highest BCUT2D eigenvalue weighted by Crippen LogP contribution is 2.22. The van der Waals surface area contributed by atoms with E-state index in [0.29, 0.717) is 18.3 Å². The second kappa shape index (κ2) is 5.96. The summed E-state index contributed by atoms with van der Waals surface area (Å²) in [6.45, 7) is 2.77. The molecule has 1 fully saturated rings. The van der Waals surface area contributed by atoms with Crippen LogP contribution in [0, 0.1) is 17.8 Å². The first kappa shape index (κ1) is 13.0. The van der Waals surface area contributed by atoms with Gasteiger partial charge in [0.1, 0.15) is 0 Å². The lowest BCUT2D eigenvalue weighted by Gasteiger charge is -2.06. The average Bonchev–Trinajstić information content (AvgIpc) is 2.96. The lowest BCUT2D eigenvalue weighted by molar-refractivity contribution is -0.119. The Morgan fingerprint density at radius 3 is 3.28 bits per heavy atom. The molecule has 1 aromatic heterocycles. The summed E-state index contributed by atoms with van der Waals surface area (Å²) < 4.78 is 5.37. The van der Waals surface area contributed by atoms with Gasteiger partial charge in [0.2, 0.25) is 5.91 Å². The van der Waals surface area contributed by atoms with Crippen LogP contribution < -0.4 is 11.1 Å². The minimum absolute atomic E-state index is 0.0352. The molecule has 1 aromatic rings. The van der Waals surface area contributed by atoms with Crippen LogP contribution in [0.3, 0.4) is 0 Å². The van der Waals surface area contributed by atoms with E-state index in [-0.39, 0.29) is 17.9 Å². The molecule has 1 aliphatic rings. The van der Waals surface area contributed by atoms with Crippen LogP contribution in [0.2, 0.25) is 0 Å². The third kappa shape index (κ3) is 3.29. The maximum atomic E-state index is 11.9.